The first-order valence-electron chi connectivity index (χ1n) is 10.6. The quantitative estimate of drug-likeness (QED) is 0.559. The predicted octanol–water partition coefficient (Wildman–Crippen LogP) is 3.75. The third kappa shape index (κ3) is 6.41. The van der Waals surface area contributed by atoms with Crippen molar-refractivity contribution in [2.45, 2.75) is 46.3 Å². The van der Waals surface area contributed by atoms with Crippen LogP contribution in [0.25, 0.3) is 0 Å². The molecule has 8 heteroatoms. The molecule has 1 aromatic carbocycles. The number of carbonyl (C=O) groups is 2. The number of nitrogens with zero attached hydrogens (tertiary/aromatic N) is 3. The number of aromatic nitrogens is 3. The molecule has 170 valence electrons. The van der Waals surface area contributed by atoms with Crippen LogP contribution in [0.15, 0.2) is 61.1 Å². The van der Waals surface area contributed by atoms with Crippen LogP contribution in [-0.4, -0.2) is 45.0 Å². The van der Waals surface area contributed by atoms with Crippen LogP contribution < -0.4 is 10.1 Å². The molecule has 1 unspecified atom stereocenters. The number of benzene rings is 1. The molecule has 0 aliphatic carbocycles. The van der Waals surface area contributed by atoms with Gasteiger partial charge in [0.1, 0.15) is 17.5 Å². The Morgan fingerprint density at radius 3 is 2.22 bits per heavy atom. The maximum Gasteiger partial charge on any atom is 0.273 e. The highest BCUT2D eigenvalue weighted by atomic mass is 16.5. The lowest BCUT2D eigenvalue weighted by atomic mass is 10.0. The average molecular weight is 438 g/mol. The van der Waals surface area contributed by atoms with Crippen LogP contribution in [0.5, 0.6) is 5.75 Å². The minimum atomic E-state index is -0.840. The van der Waals surface area contributed by atoms with Gasteiger partial charge in [-0.1, -0.05) is 26.0 Å². The van der Waals surface area contributed by atoms with Crippen molar-refractivity contribution in [1.82, 2.24) is 25.4 Å². The van der Waals surface area contributed by atoms with Gasteiger partial charge in [0.25, 0.3) is 5.91 Å². The normalized spacial score (nSPS) is 11.2. The summed E-state index contributed by atoms with van der Waals surface area (Å²) in [5.41, 5.74) is 1.84. The second-order valence-corrected chi connectivity index (χ2v) is 7.10. The summed E-state index contributed by atoms with van der Waals surface area (Å²) in [6, 6.07) is 11.5. The Morgan fingerprint density at radius 1 is 1.03 bits per heavy atom. The predicted molar refractivity (Wildman–Crippen MR) is 123 cm³/mol. The molecule has 2 N–H and O–H groups in total. The summed E-state index contributed by atoms with van der Waals surface area (Å²) in [4.78, 5) is 32.1. The van der Waals surface area contributed by atoms with Gasteiger partial charge in [-0.25, -0.2) is 0 Å². The number of ether oxygens (including phenoxy) is 1. The summed E-state index contributed by atoms with van der Waals surface area (Å²) in [5, 5.41) is 9.51. The molecule has 0 saturated heterocycles. The number of hydrogen-bond donors (Lipinski definition) is 2. The van der Waals surface area contributed by atoms with Gasteiger partial charge in [-0.2, -0.15) is 5.10 Å². The van der Waals surface area contributed by atoms with Gasteiger partial charge in [-0.3, -0.25) is 19.7 Å². The summed E-state index contributed by atoms with van der Waals surface area (Å²) in [7, 11) is 1.60. The molecule has 1 atom stereocenters. The van der Waals surface area contributed by atoms with Gasteiger partial charge < -0.3 is 15.0 Å². The minimum absolute atomic E-state index is 0.0769. The number of carbonyl (C=O) groups excluding carboxylic acids is 2. The number of methoxy groups -OCH3 is 1. The Bertz CT molecular complexity index is 957. The second kappa shape index (κ2) is 12.2. The molecule has 0 radical (unpaired) electrons. The Kier molecular flexibility index (Phi) is 9.41. The molecule has 0 bridgehead atoms. The van der Waals surface area contributed by atoms with E-state index in [0.717, 1.165) is 5.56 Å². The van der Waals surface area contributed by atoms with Gasteiger partial charge in [0.15, 0.2) is 0 Å². The van der Waals surface area contributed by atoms with Crippen LogP contribution in [0.2, 0.25) is 0 Å². The van der Waals surface area contributed by atoms with Gasteiger partial charge in [-0.15, -0.1) is 0 Å². The molecular formula is C24H31N5O3. The molecule has 0 aliphatic rings. The summed E-state index contributed by atoms with van der Waals surface area (Å²) >= 11 is 0. The molecule has 3 rings (SSSR count). The van der Waals surface area contributed by atoms with Crippen molar-refractivity contribution in [1.29, 1.82) is 0 Å². The number of rotatable bonds is 8. The van der Waals surface area contributed by atoms with Crippen molar-refractivity contribution in [2.75, 3.05) is 7.11 Å². The van der Waals surface area contributed by atoms with Gasteiger partial charge >= 0.3 is 0 Å². The van der Waals surface area contributed by atoms with Crippen molar-refractivity contribution in [3.63, 3.8) is 0 Å². The van der Waals surface area contributed by atoms with E-state index >= 15 is 0 Å². The SMILES string of the molecule is CC.COc1ccc(CN(C(=O)c2ccn[nH]2)C(C(=O)NC(C)C)c2ccncc2)cc1. The van der Waals surface area contributed by atoms with Gasteiger partial charge in [-0.05, 0) is 55.3 Å². The number of H-pyrrole nitrogens is 1. The maximum atomic E-state index is 13.4. The van der Waals surface area contributed by atoms with E-state index in [1.165, 1.54) is 11.1 Å². The summed E-state index contributed by atoms with van der Waals surface area (Å²) in [6.45, 7) is 7.98. The second-order valence-electron chi connectivity index (χ2n) is 7.10. The Morgan fingerprint density at radius 2 is 1.69 bits per heavy atom. The molecule has 32 heavy (non-hydrogen) atoms. The monoisotopic (exact) mass is 437 g/mol. The van der Waals surface area contributed by atoms with E-state index in [1.807, 2.05) is 52.0 Å². The highest BCUT2D eigenvalue weighted by Gasteiger charge is 2.33. The summed E-state index contributed by atoms with van der Waals surface area (Å²) in [5.74, 6) is 0.120. The van der Waals surface area contributed by atoms with Crippen molar-refractivity contribution >= 4 is 11.8 Å². The third-order valence-corrected chi connectivity index (χ3v) is 4.52. The minimum Gasteiger partial charge on any atom is -0.497 e. The zero-order valence-corrected chi connectivity index (χ0v) is 19.2. The number of hydrogen-bond acceptors (Lipinski definition) is 5. The van der Waals surface area contributed by atoms with E-state index in [4.69, 9.17) is 4.74 Å². The lowest BCUT2D eigenvalue weighted by Gasteiger charge is -2.31. The van der Waals surface area contributed by atoms with Crippen LogP contribution in [0.4, 0.5) is 0 Å². The number of amides is 2. The van der Waals surface area contributed by atoms with Crippen LogP contribution in [0.3, 0.4) is 0 Å². The van der Waals surface area contributed by atoms with E-state index < -0.39 is 6.04 Å². The lowest BCUT2D eigenvalue weighted by molar-refractivity contribution is -0.126. The highest BCUT2D eigenvalue weighted by Crippen LogP contribution is 2.26. The maximum absolute atomic E-state index is 13.4. The van der Waals surface area contributed by atoms with Crippen LogP contribution in [-0.2, 0) is 11.3 Å². The topological polar surface area (TPSA) is 100 Å². The standard InChI is InChI=1S/C22H25N5O3.C2H6/c1-15(2)25-21(28)20(17-8-11-23-12-9-17)27(22(29)19-10-13-24-26-19)14-16-4-6-18(30-3)7-5-16;1-2/h4-13,15,20H,14H2,1-3H3,(H,24,26)(H,25,28);1-2H3. The molecule has 0 saturated carbocycles. The van der Waals surface area contributed by atoms with Crippen LogP contribution in [0.1, 0.15) is 55.4 Å². The van der Waals surface area contributed by atoms with E-state index in [9.17, 15) is 9.59 Å². The Hall–Kier alpha value is -3.68. The molecule has 2 amide bonds. The fourth-order valence-electron chi connectivity index (χ4n) is 3.12. The van der Waals surface area contributed by atoms with E-state index in [2.05, 4.69) is 20.5 Å². The van der Waals surface area contributed by atoms with Crippen molar-refractivity contribution < 1.29 is 14.3 Å². The molecule has 0 aliphatic heterocycles. The summed E-state index contributed by atoms with van der Waals surface area (Å²) < 4.78 is 5.21. The first-order valence-corrected chi connectivity index (χ1v) is 10.6. The van der Waals surface area contributed by atoms with Crippen molar-refractivity contribution in [3.8, 4) is 5.75 Å². The Balaban J connectivity index is 0.00000176. The van der Waals surface area contributed by atoms with Crippen molar-refractivity contribution in [2.24, 2.45) is 0 Å². The number of pyridine rings is 1. The zero-order valence-electron chi connectivity index (χ0n) is 19.2. The van der Waals surface area contributed by atoms with Crippen LogP contribution in [0, 0.1) is 0 Å². The molecule has 0 spiro atoms. The molecular weight excluding hydrogens is 406 g/mol. The number of nitrogens with one attached hydrogen (secondary N) is 2. The first kappa shape index (κ1) is 24.6. The first-order chi connectivity index (χ1) is 15.5. The molecule has 3 aromatic rings. The van der Waals surface area contributed by atoms with Crippen LogP contribution >= 0.6 is 0 Å². The zero-order chi connectivity index (χ0) is 23.5. The van der Waals surface area contributed by atoms with Gasteiger partial charge in [0.2, 0.25) is 5.91 Å². The molecule has 8 nitrogen and oxygen atoms in total. The van der Waals surface area contributed by atoms with E-state index in [1.54, 1.807) is 37.7 Å². The summed E-state index contributed by atoms with van der Waals surface area (Å²) in [6.07, 6.45) is 4.73. The fourth-order valence-corrected chi connectivity index (χ4v) is 3.12. The van der Waals surface area contributed by atoms with Crippen molar-refractivity contribution in [3.05, 3.63) is 77.9 Å². The molecule has 0 fully saturated rings. The fraction of sp³-hybridized carbons (Fsp3) is 0.333. The van der Waals surface area contributed by atoms with E-state index in [0.29, 0.717) is 17.0 Å². The average Bonchev–Trinajstić information content (AvgIpc) is 3.35. The molecule has 2 heterocycles. The van der Waals surface area contributed by atoms with Gasteiger partial charge in [0, 0.05) is 31.2 Å². The highest BCUT2D eigenvalue weighted by molar-refractivity contribution is 5.96. The smallest absolute Gasteiger partial charge is 0.273 e. The molecule has 2 aromatic heterocycles. The lowest BCUT2D eigenvalue weighted by Crippen LogP contribution is -2.45. The number of aromatic amines is 1. The largest absolute Gasteiger partial charge is 0.497 e. The van der Waals surface area contributed by atoms with E-state index in [-0.39, 0.29) is 24.4 Å². The van der Waals surface area contributed by atoms with Gasteiger partial charge in [0.05, 0.1) is 7.11 Å². The third-order valence-electron chi connectivity index (χ3n) is 4.52. The Labute approximate surface area is 189 Å².